The number of imide groups is 1. The largest absolute Gasteiger partial charge is 0.497 e. The van der Waals surface area contributed by atoms with E-state index < -0.39 is 6.03 Å². The molecule has 0 spiro atoms. The zero-order valence-electron chi connectivity index (χ0n) is 17.0. The molecule has 0 bridgehead atoms. The van der Waals surface area contributed by atoms with Crippen LogP contribution in [0.25, 0.3) is 0 Å². The molecule has 0 fully saturated rings. The number of carbonyl (C=O) groups excluding carboxylic acids is 3. The van der Waals surface area contributed by atoms with E-state index in [1.54, 1.807) is 25.3 Å². The Morgan fingerprint density at radius 3 is 2.28 bits per heavy atom. The van der Waals surface area contributed by atoms with Crippen LogP contribution in [0.4, 0.5) is 10.5 Å². The molecule has 4 amide bonds. The number of ether oxygens (including phenoxy) is 1. The first-order valence-corrected chi connectivity index (χ1v) is 9.52. The first-order valence-electron chi connectivity index (χ1n) is 9.52. The number of nitrogens with one attached hydrogen (secondary N) is 2. The Morgan fingerprint density at radius 1 is 1.00 bits per heavy atom. The van der Waals surface area contributed by atoms with Gasteiger partial charge in [0.05, 0.1) is 24.3 Å². The van der Waals surface area contributed by atoms with E-state index in [1.807, 2.05) is 45.0 Å². The third-order valence-corrected chi connectivity index (χ3v) is 4.74. The number of carbonyl (C=O) groups is 3. The van der Waals surface area contributed by atoms with Gasteiger partial charge in [-0.1, -0.05) is 26.0 Å². The number of anilines is 1. The van der Waals surface area contributed by atoms with Crippen LogP contribution in [0.2, 0.25) is 0 Å². The van der Waals surface area contributed by atoms with Gasteiger partial charge in [-0.3, -0.25) is 14.5 Å². The van der Waals surface area contributed by atoms with E-state index in [4.69, 9.17) is 4.74 Å². The van der Waals surface area contributed by atoms with Crippen LogP contribution in [-0.2, 0) is 0 Å². The van der Waals surface area contributed by atoms with Gasteiger partial charge in [0.25, 0.3) is 11.8 Å². The normalized spacial score (nSPS) is 14.0. The van der Waals surface area contributed by atoms with Crippen molar-refractivity contribution < 1.29 is 19.1 Å². The van der Waals surface area contributed by atoms with E-state index >= 15 is 0 Å². The number of urea groups is 1. The number of hydrogen-bond donors (Lipinski definition) is 2. The summed E-state index contributed by atoms with van der Waals surface area (Å²) in [6.07, 6.45) is 0. The molecule has 1 unspecified atom stereocenters. The summed E-state index contributed by atoms with van der Waals surface area (Å²) < 4.78 is 5.14. The van der Waals surface area contributed by atoms with E-state index in [-0.39, 0.29) is 23.8 Å². The van der Waals surface area contributed by atoms with Crippen molar-refractivity contribution in [2.45, 2.75) is 26.8 Å². The number of benzene rings is 2. The molecule has 2 N–H and O–H groups in total. The van der Waals surface area contributed by atoms with Gasteiger partial charge in [-0.2, -0.15) is 0 Å². The van der Waals surface area contributed by atoms with Crippen molar-refractivity contribution in [2.24, 2.45) is 5.92 Å². The van der Waals surface area contributed by atoms with Crippen molar-refractivity contribution in [2.75, 3.05) is 19.0 Å². The summed E-state index contributed by atoms with van der Waals surface area (Å²) in [6.45, 7) is 6.14. The van der Waals surface area contributed by atoms with E-state index in [9.17, 15) is 14.4 Å². The summed E-state index contributed by atoms with van der Waals surface area (Å²) in [5, 5.41) is 5.58. The lowest BCUT2D eigenvalue weighted by molar-refractivity contribution is 0.0636. The van der Waals surface area contributed by atoms with E-state index in [1.165, 1.54) is 4.90 Å². The molecule has 0 saturated carbocycles. The fraction of sp³-hybridized carbons (Fsp3) is 0.318. The van der Waals surface area contributed by atoms with Crippen LogP contribution < -0.4 is 15.4 Å². The van der Waals surface area contributed by atoms with Crippen LogP contribution >= 0.6 is 0 Å². The summed E-state index contributed by atoms with van der Waals surface area (Å²) in [5.41, 5.74) is 2.07. The highest BCUT2D eigenvalue weighted by molar-refractivity contribution is 6.21. The number of rotatable bonds is 6. The molecular weight excluding hydrogens is 370 g/mol. The smallest absolute Gasteiger partial charge is 0.319 e. The number of fused-ring (bicyclic) bond motifs is 1. The minimum Gasteiger partial charge on any atom is -0.497 e. The molecular formula is C22H25N3O4. The maximum absolute atomic E-state index is 12.6. The van der Waals surface area contributed by atoms with Crippen LogP contribution in [0.3, 0.4) is 0 Å². The Kier molecular flexibility index (Phi) is 5.87. The number of nitrogens with zero attached hydrogens (tertiary/aromatic N) is 1. The molecule has 1 atom stereocenters. The molecule has 7 nitrogen and oxygen atoms in total. The minimum absolute atomic E-state index is 0.181. The molecule has 2 aromatic rings. The monoisotopic (exact) mass is 395 g/mol. The lowest BCUT2D eigenvalue weighted by Crippen LogP contribution is -2.33. The zero-order valence-corrected chi connectivity index (χ0v) is 17.0. The van der Waals surface area contributed by atoms with Crippen molar-refractivity contribution in [1.29, 1.82) is 0 Å². The fourth-order valence-electron chi connectivity index (χ4n) is 3.24. The number of hydrogen-bond acceptors (Lipinski definition) is 4. The fourth-order valence-corrected chi connectivity index (χ4v) is 3.24. The topological polar surface area (TPSA) is 87.7 Å². The second-order valence-corrected chi connectivity index (χ2v) is 7.47. The molecule has 152 valence electrons. The zero-order chi connectivity index (χ0) is 21.1. The lowest BCUT2D eigenvalue weighted by atomic mass is 10.1. The first-order chi connectivity index (χ1) is 13.8. The van der Waals surface area contributed by atoms with E-state index in [0.717, 1.165) is 11.3 Å². The molecule has 1 heterocycles. The molecule has 29 heavy (non-hydrogen) atoms. The van der Waals surface area contributed by atoms with Gasteiger partial charge in [0.15, 0.2) is 0 Å². The third-order valence-electron chi connectivity index (χ3n) is 4.74. The second-order valence-electron chi connectivity index (χ2n) is 7.47. The number of amides is 4. The molecule has 0 saturated heterocycles. The van der Waals surface area contributed by atoms with Crippen LogP contribution in [0.15, 0.2) is 42.5 Å². The van der Waals surface area contributed by atoms with Gasteiger partial charge < -0.3 is 15.4 Å². The SMILES string of the molecule is COc1ccc(C(C)NC(=O)Nc2ccc3c(c2)C(=O)N(CC(C)C)C3=O)cc1. The summed E-state index contributed by atoms with van der Waals surface area (Å²) in [5.74, 6) is 0.312. The molecule has 1 aliphatic heterocycles. The summed E-state index contributed by atoms with van der Waals surface area (Å²) in [4.78, 5) is 38.6. The number of methoxy groups -OCH3 is 1. The van der Waals surface area contributed by atoms with Gasteiger partial charge in [-0.15, -0.1) is 0 Å². The Labute approximate surface area is 170 Å². The predicted molar refractivity (Wildman–Crippen MR) is 110 cm³/mol. The summed E-state index contributed by atoms with van der Waals surface area (Å²) in [7, 11) is 1.60. The van der Waals surface area contributed by atoms with Crippen molar-refractivity contribution in [3.05, 3.63) is 59.2 Å². The van der Waals surface area contributed by atoms with Gasteiger partial charge in [-0.25, -0.2) is 4.79 Å². The molecule has 0 radical (unpaired) electrons. The third kappa shape index (κ3) is 4.39. The maximum Gasteiger partial charge on any atom is 0.319 e. The van der Waals surface area contributed by atoms with Gasteiger partial charge in [0, 0.05) is 12.2 Å². The Hall–Kier alpha value is -3.35. The second kappa shape index (κ2) is 8.34. The lowest BCUT2D eigenvalue weighted by Gasteiger charge is -2.16. The van der Waals surface area contributed by atoms with Crippen LogP contribution in [0.5, 0.6) is 5.75 Å². The average Bonchev–Trinajstić information content (AvgIpc) is 2.92. The standard InChI is InChI=1S/C22H25N3O4/c1-13(2)12-25-20(26)18-10-7-16(11-19(18)21(25)27)24-22(28)23-14(3)15-5-8-17(29-4)9-6-15/h5-11,13-14H,12H2,1-4H3,(H2,23,24,28). The molecule has 0 aliphatic carbocycles. The molecule has 2 aromatic carbocycles. The molecule has 1 aliphatic rings. The highest BCUT2D eigenvalue weighted by Gasteiger charge is 2.35. The van der Waals surface area contributed by atoms with Gasteiger partial charge in [0.1, 0.15) is 5.75 Å². The summed E-state index contributed by atoms with van der Waals surface area (Å²) in [6, 6.07) is 11.6. The molecule has 3 rings (SSSR count). The van der Waals surface area contributed by atoms with Crippen molar-refractivity contribution in [1.82, 2.24) is 10.2 Å². The van der Waals surface area contributed by atoms with Crippen LogP contribution in [0.1, 0.15) is 53.1 Å². The predicted octanol–water partition coefficient (Wildman–Crippen LogP) is 3.83. The van der Waals surface area contributed by atoms with E-state index in [0.29, 0.717) is 23.4 Å². The Bertz CT molecular complexity index is 938. The average molecular weight is 395 g/mol. The highest BCUT2D eigenvalue weighted by atomic mass is 16.5. The molecule has 7 heteroatoms. The van der Waals surface area contributed by atoms with E-state index in [2.05, 4.69) is 10.6 Å². The van der Waals surface area contributed by atoms with Crippen molar-refractivity contribution in [3.8, 4) is 5.75 Å². The van der Waals surface area contributed by atoms with Gasteiger partial charge in [0.2, 0.25) is 0 Å². The Balaban J connectivity index is 1.67. The van der Waals surface area contributed by atoms with Crippen LogP contribution in [-0.4, -0.2) is 36.4 Å². The Morgan fingerprint density at radius 2 is 1.66 bits per heavy atom. The molecule has 0 aromatic heterocycles. The maximum atomic E-state index is 12.6. The summed E-state index contributed by atoms with van der Waals surface area (Å²) >= 11 is 0. The first kappa shape index (κ1) is 20.4. The van der Waals surface area contributed by atoms with Gasteiger partial charge in [-0.05, 0) is 48.7 Å². The van der Waals surface area contributed by atoms with Crippen LogP contribution in [0, 0.1) is 5.92 Å². The van der Waals surface area contributed by atoms with Gasteiger partial charge >= 0.3 is 6.03 Å². The van der Waals surface area contributed by atoms with Crippen molar-refractivity contribution >= 4 is 23.5 Å². The quantitative estimate of drug-likeness (QED) is 0.728. The minimum atomic E-state index is -0.399. The highest BCUT2D eigenvalue weighted by Crippen LogP contribution is 2.26. The van der Waals surface area contributed by atoms with Crippen molar-refractivity contribution in [3.63, 3.8) is 0 Å².